The lowest BCUT2D eigenvalue weighted by molar-refractivity contribution is 0.0365. The molecule has 0 bridgehead atoms. The minimum Gasteiger partial charge on any atom is -0.465 e. The molecule has 2 aromatic heterocycles. The third-order valence-corrected chi connectivity index (χ3v) is 7.87. The molecule has 2 aliphatic heterocycles. The van der Waals surface area contributed by atoms with Crippen LogP contribution in [0, 0.1) is 13.8 Å². The van der Waals surface area contributed by atoms with Gasteiger partial charge in [0.2, 0.25) is 0 Å². The molecule has 1 aromatic carbocycles. The zero-order valence-corrected chi connectivity index (χ0v) is 23.0. The summed E-state index contributed by atoms with van der Waals surface area (Å²) in [6.07, 6.45) is 2.82. The van der Waals surface area contributed by atoms with Crippen LogP contribution in [0.1, 0.15) is 51.5 Å². The van der Waals surface area contributed by atoms with E-state index in [9.17, 15) is 4.79 Å². The second-order valence-corrected chi connectivity index (χ2v) is 10.2. The van der Waals surface area contributed by atoms with Crippen molar-refractivity contribution in [2.75, 3.05) is 46.5 Å². The molecule has 0 saturated carbocycles. The molecule has 38 heavy (non-hydrogen) atoms. The Morgan fingerprint density at radius 3 is 2.63 bits per heavy atom. The summed E-state index contributed by atoms with van der Waals surface area (Å²) >= 11 is 5.90. The second kappa shape index (κ2) is 11.6. The number of nitrogens with one attached hydrogen (secondary N) is 1. The average molecular weight is 534 g/mol. The summed E-state index contributed by atoms with van der Waals surface area (Å²) < 4.78 is 12.7. The molecule has 1 N–H and O–H groups in total. The van der Waals surface area contributed by atoms with Crippen molar-refractivity contribution in [3.05, 3.63) is 82.9 Å². The lowest BCUT2D eigenvalue weighted by Gasteiger charge is -2.30. The molecule has 0 radical (unpaired) electrons. The molecule has 2 saturated heterocycles. The third kappa shape index (κ3) is 5.18. The van der Waals surface area contributed by atoms with Crippen LogP contribution in [-0.4, -0.2) is 76.9 Å². The van der Waals surface area contributed by atoms with E-state index < -0.39 is 0 Å². The van der Waals surface area contributed by atoms with E-state index in [0.717, 1.165) is 79.3 Å². The lowest BCUT2D eigenvalue weighted by atomic mass is 9.96. The summed E-state index contributed by atoms with van der Waals surface area (Å²) in [6, 6.07) is 15.7. The van der Waals surface area contributed by atoms with E-state index in [1.54, 1.807) is 6.07 Å². The van der Waals surface area contributed by atoms with Crippen LogP contribution in [0.4, 0.5) is 0 Å². The molecule has 0 unspecified atom stereocenters. The number of morpholine rings is 1. The predicted octanol–water partition coefficient (Wildman–Crippen LogP) is 3.97. The second-order valence-electron chi connectivity index (χ2n) is 9.80. The van der Waals surface area contributed by atoms with Gasteiger partial charge in [0, 0.05) is 43.8 Å². The zero-order valence-electron chi connectivity index (χ0n) is 22.2. The van der Waals surface area contributed by atoms with Gasteiger partial charge < -0.3 is 24.3 Å². The van der Waals surface area contributed by atoms with Gasteiger partial charge in [0.05, 0.1) is 49.4 Å². The van der Waals surface area contributed by atoms with Gasteiger partial charge in [-0.05, 0) is 68.4 Å². The Labute approximate surface area is 229 Å². The summed E-state index contributed by atoms with van der Waals surface area (Å²) in [4.78, 5) is 22.0. The first-order valence-electron chi connectivity index (χ1n) is 13.1. The summed E-state index contributed by atoms with van der Waals surface area (Å²) in [5, 5.41) is 4.31. The van der Waals surface area contributed by atoms with E-state index >= 15 is 0 Å². The number of thiocarbonyl (C=S) groups is 1. The highest BCUT2D eigenvalue weighted by atomic mass is 32.1. The van der Waals surface area contributed by atoms with Gasteiger partial charge in [0.25, 0.3) is 0 Å². The van der Waals surface area contributed by atoms with Crippen LogP contribution in [0.3, 0.4) is 0 Å². The van der Waals surface area contributed by atoms with Crippen molar-refractivity contribution in [2.45, 2.75) is 32.4 Å². The molecule has 0 spiro atoms. The van der Waals surface area contributed by atoms with Crippen LogP contribution in [0.25, 0.3) is 5.69 Å². The van der Waals surface area contributed by atoms with Crippen LogP contribution in [0.2, 0.25) is 0 Å². The Balaban J connectivity index is 1.51. The van der Waals surface area contributed by atoms with Crippen molar-refractivity contribution in [3.63, 3.8) is 0 Å². The molecule has 8 nitrogen and oxygen atoms in total. The maximum absolute atomic E-state index is 12.6. The minimum absolute atomic E-state index is 0.0349. The molecular weight excluding hydrogens is 498 g/mol. The van der Waals surface area contributed by atoms with Gasteiger partial charge in [0.15, 0.2) is 5.11 Å². The molecule has 9 heteroatoms. The number of carbonyl (C=O) groups is 1. The molecule has 2 fully saturated rings. The van der Waals surface area contributed by atoms with Gasteiger partial charge in [-0.25, -0.2) is 4.79 Å². The maximum atomic E-state index is 12.6. The molecule has 2 atom stereocenters. The largest absolute Gasteiger partial charge is 0.465 e. The molecular formula is C29H35N5O3S. The Kier molecular flexibility index (Phi) is 8.06. The molecule has 3 aromatic rings. The SMILES string of the molecule is COC(=O)c1ccccc1-n1c(C)cc([C@H]2[C@@H](c3ccccn3)NC(=S)N2CCCN2CCOCC2)c1C. The number of hydrogen-bond donors (Lipinski definition) is 1. The van der Waals surface area contributed by atoms with E-state index in [2.05, 4.69) is 50.6 Å². The van der Waals surface area contributed by atoms with E-state index in [0.29, 0.717) is 5.56 Å². The lowest BCUT2D eigenvalue weighted by Crippen LogP contribution is -2.39. The normalized spacial score (nSPS) is 20.0. The van der Waals surface area contributed by atoms with Crippen molar-refractivity contribution < 1.29 is 14.3 Å². The monoisotopic (exact) mass is 533 g/mol. The van der Waals surface area contributed by atoms with E-state index in [4.69, 9.17) is 21.7 Å². The Morgan fingerprint density at radius 2 is 1.89 bits per heavy atom. The quantitative estimate of drug-likeness (QED) is 0.345. The number of ether oxygens (including phenoxy) is 2. The summed E-state index contributed by atoms with van der Waals surface area (Å²) in [7, 11) is 1.41. The number of carbonyl (C=O) groups excluding carboxylic acids is 1. The van der Waals surface area contributed by atoms with Crippen molar-refractivity contribution in [2.24, 2.45) is 0 Å². The number of nitrogens with zero attached hydrogens (tertiary/aromatic N) is 4. The summed E-state index contributed by atoms with van der Waals surface area (Å²) in [5.41, 5.74) is 5.57. The fraction of sp³-hybridized carbons (Fsp3) is 0.414. The van der Waals surface area contributed by atoms with E-state index in [1.807, 2.05) is 36.5 Å². The number of para-hydroxylation sites is 1. The van der Waals surface area contributed by atoms with Crippen molar-refractivity contribution in [3.8, 4) is 5.69 Å². The fourth-order valence-electron chi connectivity index (χ4n) is 5.68. The average Bonchev–Trinajstić information content (AvgIpc) is 3.43. The van der Waals surface area contributed by atoms with Crippen LogP contribution < -0.4 is 5.32 Å². The third-order valence-electron chi connectivity index (χ3n) is 7.51. The maximum Gasteiger partial charge on any atom is 0.339 e. The minimum atomic E-state index is -0.352. The zero-order chi connectivity index (χ0) is 26.6. The highest BCUT2D eigenvalue weighted by Crippen LogP contribution is 2.41. The van der Waals surface area contributed by atoms with E-state index in [-0.39, 0.29) is 18.1 Å². The number of benzene rings is 1. The first-order valence-corrected chi connectivity index (χ1v) is 13.5. The Bertz CT molecular complexity index is 1290. The van der Waals surface area contributed by atoms with Crippen molar-refractivity contribution in [1.29, 1.82) is 0 Å². The Morgan fingerprint density at radius 1 is 1.13 bits per heavy atom. The molecule has 5 rings (SSSR count). The van der Waals surface area contributed by atoms with Crippen LogP contribution in [0.15, 0.2) is 54.7 Å². The number of aryl methyl sites for hydroxylation is 1. The molecule has 0 aliphatic carbocycles. The smallest absolute Gasteiger partial charge is 0.339 e. The molecule has 4 heterocycles. The van der Waals surface area contributed by atoms with Crippen LogP contribution in [0.5, 0.6) is 0 Å². The van der Waals surface area contributed by atoms with Crippen molar-refractivity contribution in [1.82, 2.24) is 24.7 Å². The van der Waals surface area contributed by atoms with Gasteiger partial charge in [-0.2, -0.15) is 0 Å². The van der Waals surface area contributed by atoms with Crippen molar-refractivity contribution >= 4 is 23.3 Å². The number of hydrogen-bond acceptors (Lipinski definition) is 6. The highest BCUT2D eigenvalue weighted by Gasteiger charge is 2.41. The first-order chi connectivity index (χ1) is 18.5. The number of aromatic nitrogens is 2. The first kappa shape index (κ1) is 26.3. The van der Waals surface area contributed by atoms with Gasteiger partial charge >= 0.3 is 5.97 Å². The van der Waals surface area contributed by atoms with Gasteiger partial charge in [-0.15, -0.1) is 0 Å². The highest BCUT2D eigenvalue weighted by molar-refractivity contribution is 7.80. The van der Waals surface area contributed by atoms with Gasteiger partial charge in [-0.3, -0.25) is 9.88 Å². The topological polar surface area (TPSA) is 71.9 Å². The molecule has 200 valence electrons. The molecule has 0 amide bonds. The summed E-state index contributed by atoms with van der Waals surface area (Å²) in [5.74, 6) is -0.352. The number of pyridine rings is 1. The van der Waals surface area contributed by atoms with Gasteiger partial charge in [-0.1, -0.05) is 18.2 Å². The standard InChI is InChI=1S/C29H35N5O3S/c1-20-19-23(21(2)34(20)25-11-5-4-9-22(25)28(35)36-3)27-26(24-10-6-7-12-30-24)31-29(38)33(27)14-8-13-32-15-17-37-18-16-32/h4-7,9-12,19,26-27H,8,13-18H2,1-3H3,(H,31,38)/t26-,27+/m1/s1. The Hall–Kier alpha value is -3.27. The van der Waals surface area contributed by atoms with E-state index in [1.165, 1.54) is 7.11 Å². The summed E-state index contributed by atoms with van der Waals surface area (Å²) in [6.45, 7) is 9.57. The molecule has 2 aliphatic rings. The number of esters is 1. The predicted molar refractivity (Wildman–Crippen MR) is 151 cm³/mol. The van der Waals surface area contributed by atoms with Crippen LogP contribution >= 0.6 is 12.2 Å². The number of rotatable bonds is 8. The fourth-order valence-corrected chi connectivity index (χ4v) is 6.02. The van der Waals surface area contributed by atoms with Gasteiger partial charge in [0.1, 0.15) is 0 Å². The number of methoxy groups -OCH3 is 1. The van der Waals surface area contributed by atoms with Crippen LogP contribution in [-0.2, 0) is 9.47 Å².